The average molecular weight is 275 g/mol. The van der Waals surface area contributed by atoms with Crippen molar-refractivity contribution in [3.63, 3.8) is 0 Å². The Hall–Kier alpha value is -2.68. The third-order valence-electron chi connectivity index (χ3n) is 3.30. The van der Waals surface area contributed by atoms with Crippen molar-refractivity contribution in [1.82, 2.24) is 4.98 Å². The largest absolute Gasteiger partial charge is 0.276 e. The number of hydrogen-bond donors (Lipinski definition) is 1. The van der Waals surface area contributed by atoms with Crippen molar-refractivity contribution in [1.29, 1.82) is 0 Å². The van der Waals surface area contributed by atoms with E-state index in [9.17, 15) is 0 Å². The number of anilines is 1. The van der Waals surface area contributed by atoms with Crippen LogP contribution in [0.5, 0.6) is 0 Å². The summed E-state index contributed by atoms with van der Waals surface area (Å²) in [5.41, 5.74) is 7.30. The van der Waals surface area contributed by atoms with Gasteiger partial charge in [-0.2, -0.15) is 5.10 Å². The summed E-state index contributed by atoms with van der Waals surface area (Å²) in [7, 11) is 0. The molecule has 0 spiro atoms. The second kappa shape index (κ2) is 6.18. The standard InChI is InChI=1S/C18H17N3/c1-14(13-15-7-3-2-4-8-15)20-21-17-11-5-9-16-10-6-12-19-18(16)17/h2-12,21H,13H2,1H3/b20-14+. The van der Waals surface area contributed by atoms with E-state index >= 15 is 0 Å². The molecule has 1 heterocycles. The zero-order valence-corrected chi connectivity index (χ0v) is 12.0. The molecule has 104 valence electrons. The fourth-order valence-corrected chi connectivity index (χ4v) is 2.28. The minimum atomic E-state index is 0.839. The van der Waals surface area contributed by atoms with Crippen molar-refractivity contribution < 1.29 is 0 Å². The van der Waals surface area contributed by atoms with Gasteiger partial charge in [-0.05, 0) is 24.6 Å². The molecular weight excluding hydrogens is 258 g/mol. The van der Waals surface area contributed by atoms with E-state index in [4.69, 9.17) is 0 Å². The summed E-state index contributed by atoms with van der Waals surface area (Å²) in [6.07, 6.45) is 2.64. The van der Waals surface area contributed by atoms with E-state index in [0.717, 1.165) is 28.7 Å². The summed E-state index contributed by atoms with van der Waals surface area (Å²) >= 11 is 0. The molecule has 0 amide bonds. The monoisotopic (exact) mass is 275 g/mol. The highest BCUT2D eigenvalue weighted by molar-refractivity contribution is 5.91. The van der Waals surface area contributed by atoms with Gasteiger partial charge in [0.1, 0.15) is 0 Å². The molecule has 3 rings (SSSR count). The molecule has 0 radical (unpaired) electrons. The van der Waals surface area contributed by atoms with Crippen molar-refractivity contribution in [3.8, 4) is 0 Å². The van der Waals surface area contributed by atoms with Crippen LogP contribution >= 0.6 is 0 Å². The zero-order chi connectivity index (χ0) is 14.5. The molecule has 0 unspecified atom stereocenters. The number of nitrogens with zero attached hydrogens (tertiary/aromatic N) is 2. The highest BCUT2D eigenvalue weighted by Gasteiger charge is 2.00. The van der Waals surface area contributed by atoms with Gasteiger partial charge in [-0.1, -0.05) is 48.5 Å². The lowest BCUT2D eigenvalue weighted by molar-refractivity contribution is 1.24. The predicted molar refractivity (Wildman–Crippen MR) is 88.6 cm³/mol. The highest BCUT2D eigenvalue weighted by atomic mass is 15.3. The van der Waals surface area contributed by atoms with Crippen molar-refractivity contribution in [2.45, 2.75) is 13.3 Å². The number of hydrogen-bond acceptors (Lipinski definition) is 3. The molecule has 3 heteroatoms. The maximum absolute atomic E-state index is 4.47. The van der Waals surface area contributed by atoms with E-state index in [0.29, 0.717) is 0 Å². The third kappa shape index (κ3) is 3.26. The maximum atomic E-state index is 4.47. The Balaban J connectivity index is 1.78. The molecule has 0 aliphatic heterocycles. The molecule has 3 aromatic rings. The fourth-order valence-electron chi connectivity index (χ4n) is 2.28. The topological polar surface area (TPSA) is 37.3 Å². The molecule has 0 saturated heterocycles. The Morgan fingerprint density at radius 2 is 1.81 bits per heavy atom. The molecule has 21 heavy (non-hydrogen) atoms. The first kappa shape index (κ1) is 13.3. The van der Waals surface area contributed by atoms with Gasteiger partial charge in [0.15, 0.2) is 0 Å². The first-order valence-corrected chi connectivity index (χ1v) is 7.00. The summed E-state index contributed by atoms with van der Waals surface area (Å²) in [6.45, 7) is 2.03. The third-order valence-corrected chi connectivity index (χ3v) is 3.30. The van der Waals surface area contributed by atoms with Gasteiger partial charge in [0, 0.05) is 23.7 Å². The van der Waals surface area contributed by atoms with Crippen LogP contribution in [-0.4, -0.2) is 10.7 Å². The minimum absolute atomic E-state index is 0.839. The minimum Gasteiger partial charge on any atom is -0.276 e. The second-order valence-corrected chi connectivity index (χ2v) is 5.00. The van der Waals surface area contributed by atoms with Gasteiger partial charge in [-0.25, -0.2) is 0 Å². The SMILES string of the molecule is C/C(Cc1ccccc1)=N\Nc1cccc2cccnc12. The maximum Gasteiger partial charge on any atom is 0.0951 e. The number of rotatable bonds is 4. The van der Waals surface area contributed by atoms with E-state index in [1.807, 2.05) is 55.5 Å². The molecule has 0 atom stereocenters. The molecular formula is C18H17N3. The smallest absolute Gasteiger partial charge is 0.0951 e. The normalized spacial score (nSPS) is 11.6. The van der Waals surface area contributed by atoms with Crippen molar-refractivity contribution >= 4 is 22.3 Å². The molecule has 3 nitrogen and oxygen atoms in total. The lowest BCUT2D eigenvalue weighted by Crippen LogP contribution is -2.02. The predicted octanol–water partition coefficient (Wildman–Crippen LogP) is 4.27. The first-order chi connectivity index (χ1) is 10.3. The number of aromatic nitrogens is 1. The van der Waals surface area contributed by atoms with Gasteiger partial charge >= 0.3 is 0 Å². The van der Waals surface area contributed by atoms with Crippen LogP contribution < -0.4 is 5.43 Å². The summed E-state index contributed by atoms with van der Waals surface area (Å²) in [4.78, 5) is 4.41. The van der Waals surface area contributed by atoms with Crippen LogP contribution in [0.25, 0.3) is 10.9 Å². The van der Waals surface area contributed by atoms with E-state index in [-0.39, 0.29) is 0 Å². The Morgan fingerprint density at radius 1 is 1.00 bits per heavy atom. The number of para-hydroxylation sites is 1. The Kier molecular flexibility index (Phi) is 3.92. The van der Waals surface area contributed by atoms with E-state index in [2.05, 4.69) is 27.6 Å². The van der Waals surface area contributed by atoms with Gasteiger partial charge in [-0.15, -0.1) is 0 Å². The second-order valence-electron chi connectivity index (χ2n) is 5.00. The Morgan fingerprint density at radius 3 is 2.67 bits per heavy atom. The van der Waals surface area contributed by atoms with Gasteiger partial charge in [0.05, 0.1) is 11.2 Å². The van der Waals surface area contributed by atoms with Crippen molar-refractivity contribution in [2.24, 2.45) is 5.10 Å². The summed E-state index contributed by atoms with van der Waals surface area (Å²) in [5.74, 6) is 0. The molecule has 2 aromatic carbocycles. The molecule has 1 aromatic heterocycles. The highest BCUT2D eigenvalue weighted by Crippen LogP contribution is 2.20. The lowest BCUT2D eigenvalue weighted by Gasteiger charge is -2.06. The van der Waals surface area contributed by atoms with E-state index in [1.54, 1.807) is 6.20 Å². The quantitative estimate of drug-likeness (QED) is 0.570. The first-order valence-electron chi connectivity index (χ1n) is 7.00. The number of fused-ring (bicyclic) bond motifs is 1. The van der Waals surface area contributed by atoms with Crippen LogP contribution in [-0.2, 0) is 6.42 Å². The van der Waals surface area contributed by atoms with Gasteiger partial charge in [-0.3, -0.25) is 10.4 Å². The van der Waals surface area contributed by atoms with Crippen LogP contribution in [0.3, 0.4) is 0 Å². The summed E-state index contributed by atoms with van der Waals surface area (Å²) < 4.78 is 0. The molecule has 0 bridgehead atoms. The number of benzene rings is 2. The van der Waals surface area contributed by atoms with Crippen molar-refractivity contribution in [2.75, 3.05) is 5.43 Å². The Bertz CT molecular complexity index is 758. The molecule has 0 aliphatic carbocycles. The van der Waals surface area contributed by atoms with E-state index in [1.165, 1.54) is 5.56 Å². The van der Waals surface area contributed by atoms with Gasteiger partial charge in [0.2, 0.25) is 0 Å². The van der Waals surface area contributed by atoms with Crippen LogP contribution in [0.15, 0.2) is 72.0 Å². The molecule has 1 N–H and O–H groups in total. The fraction of sp³-hybridized carbons (Fsp3) is 0.111. The number of nitrogens with one attached hydrogen (secondary N) is 1. The molecule has 0 saturated carbocycles. The van der Waals surface area contributed by atoms with Gasteiger partial charge < -0.3 is 0 Å². The summed E-state index contributed by atoms with van der Waals surface area (Å²) in [5, 5.41) is 5.58. The Labute approximate surface area is 124 Å². The van der Waals surface area contributed by atoms with Gasteiger partial charge in [0.25, 0.3) is 0 Å². The van der Waals surface area contributed by atoms with Crippen LogP contribution in [0.2, 0.25) is 0 Å². The number of pyridine rings is 1. The number of hydrazone groups is 1. The average Bonchev–Trinajstić information content (AvgIpc) is 2.54. The molecule has 0 fully saturated rings. The van der Waals surface area contributed by atoms with Crippen LogP contribution in [0, 0.1) is 0 Å². The van der Waals surface area contributed by atoms with Crippen LogP contribution in [0.4, 0.5) is 5.69 Å². The van der Waals surface area contributed by atoms with E-state index < -0.39 is 0 Å². The lowest BCUT2D eigenvalue weighted by atomic mass is 10.1. The summed E-state index contributed by atoms with van der Waals surface area (Å²) in [6, 6.07) is 20.4. The zero-order valence-electron chi connectivity index (χ0n) is 12.0. The van der Waals surface area contributed by atoms with Crippen molar-refractivity contribution in [3.05, 3.63) is 72.4 Å². The van der Waals surface area contributed by atoms with Crippen LogP contribution in [0.1, 0.15) is 12.5 Å². The molecule has 0 aliphatic rings.